The lowest BCUT2D eigenvalue weighted by Gasteiger charge is -2.38. The fraction of sp³-hybridized carbons (Fsp3) is 0.600. The number of hydrogen-bond acceptors (Lipinski definition) is 3. The lowest BCUT2D eigenvalue weighted by atomic mass is 9.75. The van der Waals surface area contributed by atoms with Crippen LogP contribution < -0.4 is 10.0 Å². The predicted molar refractivity (Wildman–Crippen MR) is 87.3 cm³/mol. The molecule has 0 unspecified atom stereocenters. The van der Waals surface area contributed by atoms with Crippen molar-refractivity contribution in [3.63, 3.8) is 0 Å². The Bertz CT molecular complexity index is 578. The lowest BCUT2D eigenvalue weighted by Crippen LogP contribution is -2.53. The molecule has 2 rings (SSSR count). The zero-order chi connectivity index (χ0) is 15.7. The molecule has 1 fully saturated rings. The molecule has 0 saturated heterocycles. The highest BCUT2D eigenvalue weighted by Gasteiger charge is 2.31. The number of rotatable bonds is 6. The highest BCUT2D eigenvalue weighted by atomic mass is 35.5. The fourth-order valence-corrected chi connectivity index (χ4v) is 3.93. The molecule has 21 heavy (non-hydrogen) atoms. The molecule has 1 aliphatic rings. The van der Waals surface area contributed by atoms with Gasteiger partial charge in [0.1, 0.15) is 0 Å². The number of sulfonamides is 1. The van der Waals surface area contributed by atoms with Gasteiger partial charge in [-0.05, 0) is 50.3 Å². The molecular formula is C15H23ClN2O2S. The molecule has 0 heterocycles. The Morgan fingerprint density at radius 3 is 2.33 bits per heavy atom. The van der Waals surface area contributed by atoms with Crippen LogP contribution in [0.4, 0.5) is 0 Å². The number of nitrogens with one attached hydrogen (secondary N) is 2. The molecule has 1 aliphatic carbocycles. The van der Waals surface area contributed by atoms with Gasteiger partial charge in [-0.1, -0.05) is 23.7 Å². The van der Waals surface area contributed by atoms with E-state index >= 15 is 0 Å². The van der Waals surface area contributed by atoms with Crippen molar-refractivity contribution in [2.24, 2.45) is 0 Å². The van der Waals surface area contributed by atoms with Crippen molar-refractivity contribution in [2.45, 2.75) is 44.2 Å². The van der Waals surface area contributed by atoms with Gasteiger partial charge in [0.2, 0.25) is 10.0 Å². The van der Waals surface area contributed by atoms with Crippen molar-refractivity contribution >= 4 is 21.6 Å². The Hall–Kier alpha value is -0.620. The van der Waals surface area contributed by atoms with Crippen molar-refractivity contribution < 1.29 is 8.42 Å². The smallest absolute Gasteiger partial charge is 0.209 e. The third kappa shape index (κ3) is 5.25. The van der Waals surface area contributed by atoms with E-state index < -0.39 is 15.6 Å². The SMILES string of the molecule is CC(C)(CNC1CC(c2ccc(Cl)cc2)C1)NS(C)(=O)=O. The predicted octanol–water partition coefficient (Wildman–Crippen LogP) is 2.50. The van der Waals surface area contributed by atoms with Crippen LogP contribution in [0.5, 0.6) is 0 Å². The summed E-state index contributed by atoms with van der Waals surface area (Å²) < 4.78 is 25.2. The quantitative estimate of drug-likeness (QED) is 0.842. The van der Waals surface area contributed by atoms with Gasteiger partial charge in [-0.2, -0.15) is 0 Å². The summed E-state index contributed by atoms with van der Waals surface area (Å²) >= 11 is 5.89. The zero-order valence-electron chi connectivity index (χ0n) is 12.7. The highest BCUT2D eigenvalue weighted by Crippen LogP contribution is 2.37. The number of benzene rings is 1. The summed E-state index contributed by atoms with van der Waals surface area (Å²) in [6.07, 6.45) is 3.35. The molecule has 1 aromatic carbocycles. The van der Waals surface area contributed by atoms with Crippen LogP contribution in [0.2, 0.25) is 5.02 Å². The summed E-state index contributed by atoms with van der Waals surface area (Å²) in [6.45, 7) is 4.39. The normalized spacial score (nSPS) is 22.9. The molecule has 0 bridgehead atoms. The highest BCUT2D eigenvalue weighted by molar-refractivity contribution is 7.88. The molecule has 6 heteroatoms. The van der Waals surface area contributed by atoms with Crippen LogP contribution in [0.25, 0.3) is 0 Å². The van der Waals surface area contributed by atoms with Crippen LogP contribution >= 0.6 is 11.6 Å². The molecule has 4 nitrogen and oxygen atoms in total. The van der Waals surface area contributed by atoms with Crippen molar-refractivity contribution in [1.29, 1.82) is 0 Å². The molecule has 0 aliphatic heterocycles. The maximum atomic E-state index is 11.3. The maximum Gasteiger partial charge on any atom is 0.209 e. The summed E-state index contributed by atoms with van der Waals surface area (Å²) in [5.41, 5.74) is 0.852. The van der Waals surface area contributed by atoms with Crippen LogP contribution in [-0.4, -0.2) is 32.8 Å². The van der Waals surface area contributed by atoms with E-state index in [1.165, 1.54) is 11.8 Å². The summed E-state index contributed by atoms with van der Waals surface area (Å²) in [4.78, 5) is 0. The first-order valence-electron chi connectivity index (χ1n) is 7.12. The summed E-state index contributed by atoms with van der Waals surface area (Å²) in [7, 11) is -3.18. The molecule has 0 atom stereocenters. The van der Waals surface area contributed by atoms with E-state index in [9.17, 15) is 8.42 Å². The first-order valence-corrected chi connectivity index (χ1v) is 9.39. The molecule has 0 spiro atoms. The molecule has 0 aromatic heterocycles. The van der Waals surface area contributed by atoms with Crippen molar-refractivity contribution in [1.82, 2.24) is 10.0 Å². The van der Waals surface area contributed by atoms with Gasteiger partial charge in [0.15, 0.2) is 0 Å². The number of halogens is 1. The molecule has 1 aromatic rings. The van der Waals surface area contributed by atoms with E-state index in [4.69, 9.17) is 11.6 Å². The van der Waals surface area contributed by atoms with Crippen molar-refractivity contribution in [3.05, 3.63) is 34.9 Å². The van der Waals surface area contributed by atoms with Crippen LogP contribution in [0.15, 0.2) is 24.3 Å². The Balaban J connectivity index is 1.77. The molecule has 0 radical (unpaired) electrons. The lowest BCUT2D eigenvalue weighted by molar-refractivity contribution is 0.268. The first-order chi connectivity index (χ1) is 9.65. The Kier molecular flexibility index (Phi) is 4.98. The van der Waals surface area contributed by atoms with Crippen LogP contribution in [0.3, 0.4) is 0 Å². The minimum atomic E-state index is -3.18. The van der Waals surface area contributed by atoms with Gasteiger partial charge >= 0.3 is 0 Å². The monoisotopic (exact) mass is 330 g/mol. The van der Waals surface area contributed by atoms with Crippen molar-refractivity contribution in [2.75, 3.05) is 12.8 Å². The van der Waals surface area contributed by atoms with Gasteiger partial charge in [0, 0.05) is 23.1 Å². The van der Waals surface area contributed by atoms with Gasteiger partial charge in [0.05, 0.1) is 6.26 Å². The largest absolute Gasteiger partial charge is 0.312 e. The Morgan fingerprint density at radius 2 is 1.81 bits per heavy atom. The van der Waals surface area contributed by atoms with E-state index in [1.54, 1.807) is 0 Å². The summed E-state index contributed by atoms with van der Waals surface area (Å²) in [5, 5.41) is 4.21. The second kappa shape index (κ2) is 6.24. The minimum absolute atomic E-state index is 0.450. The average molecular weight is 331 g/mol. The zero-order valence-corrected chi connectivity index (χ0v) is 14.3. The second-order valence-electron chi connectivity index (χ2n) is 6.56. The van der Waals surface area contributed by atoms with Crippen LogP contribution in [0.1, 0.15) is 38.2 Å². The molecule has 118 valence electrons. The molecule has 2 N–H and O–H groups in total. The standard InChI is InChI=1S/C15H23ClN2O2S/c1-15(2,18-21(3,19)20)10-17-14-8-12(9-14)11-4-6-13(16)7-5-11/h4-7,12,14,17-18H,8-10H2,1-3H3. The van der Waals surface area contributed by atoms with Gasteiger partial charge in [0.25, 0.3) is 0 Å². The Morgan fingerprint density at radius 1 is 1.24 bits per heavy atom. The molecule has 1 saturated carbocycles. The molecular weight excluding hydrogens is 308 g/mol. The first kappa shape index (κ1) is 16.7. The van der Waals surface area contributed by atoms with E-state index in [-0.39, 0.29) is 0 Å². The van der Waals surface area contributed by atoms with Crippen LogP contribution in [-0.2, 0) is 10.0 Å². The van der Waals surface area contributed by atoms with E-state index in [1.807, 2.05) is 26.0 Å². The second-order valence-corrected chi connectivity index (χ2v) is 8.74. The average Bonchev–Trinajstić information content (AvgIpc) is 2.26. The summed E-state index contributed by atoms with van der Waals surface area (Å²) in [6, 6.07) is 8.47. The van der Waals surface area contributed by atoms with Gasteiger partial charge in [-0.25, -0.2) is 13.1 Å². The topological polar surface area (TPSA) is 58.2 Å². The Labute approximate surface area is 132 Å². The maximum absolute atomic E-state index is 11.3. The van der Waals surface area contributed by atoms with E-state index in [2.05, 4.69) is 22.2 Å². The summed E-state index contributed by atoms with van der Waals surface area (Å²) in [5.74, 6) is 0.575. The van der Waals surface area contributed by atoms with Gasteiger partial charge in [-0.15, -0.1) is 0 Å². The fourth-order valence-electron chi connectivity index (χ4n) is 2.73. The van der Waals surface area contributed by atoms with E-state index in [0.29, 0.717) is 18.5 Å². The third-order valence-corrected chi connectivity index (χ3v) is 4.95. The third-order valence-electron chi connectivity index (χ3n) is 3.77. The van der Waals surface area contributed by atoms with Crippen LogP contribution in [0, 0.1) is 0 Å². The molecule has 0 amide bonds. The van der Waals surface area contributed by atoms with Gasteiger partial charge < -0.3 is 5.32 Å². The number of hydrogen-bond donors (Lipinski definition) is 2. The van der Waals surface area contributed by atoms with Gasteiger partial charge in [-0.3, -0.25) is 0 Å². The van der Waals surface area contributed by atoms with Crippen molar-refractivity contribution in [3.8, 4) is 0 Å². The van der Waals surface area contributed by atoms with E-state index in [0.717, 1.165) is 17.9 Å². The minimum Gasteiger partial charge on any atom is -0.312 e.